The van der Waals surface area contributed by atoms with Crippen molar-refractivity contribution in [2.24, 2.45) is 5.84 Å². The molecule has 5 heteroatoms. The number of rotatable bonds is 4. The first-order valence-corrected chi connectivity index (χ1v) is 4.19. The molecule has 0 radical (unpaired) electrons. The lowest BCUT2D eigenvalue weighted by Crippen LogP contribution is -2.12. The number of hydrogen-bond acceptors (Lipinski definition) is 5. The van der Waals surface area contributed by atoms with Gasteiger partial charge in [0.2, 0.25) is 0 Å². The minimum Gasteiger partial charge on any atom is -0.371 e. The highest BCUT2D eigenvalue weighted by Crippen LogP contribution is 2.12. The van der Waals surface area contributed by atoms with Gasteiger partial charge >= 0.3 is 0 Å². The lowest BCUT2D eigenvalue weighted by atomic mass is 10.3. The van der Waals surface area contributed by atoms with Crippen molar-refractivity contribution in [3.8, 4) is 0 Å². The summed E-state index contributed by atoms with van der Waals surface area (Å²) in [6, 6.07) is 1.70. The summed E-state index contributed by atoms with van der Waals surface area (Å²) in [4.78, 5) is 8.21. The monoisotopic (exact) mass is 182 g/mol. The molecule has 0 amide bonds. The fourth-order valence-electron chi connectivity index (χ4n) is 0.975. The Morgan fingerprint density at radius 1 is 1.69 bits per heavy atom. The summed E-state index contributed by atoms with van der Waals surface area (Å²) >= 11 is 0. The van der Waals surface area contributed by atoms with Gasteiger partial charge in [0.25, 0.3) is 0 Å². The second kappa shape index (κ2) is 4.74. The highest BCUT2D eigenvalue weighted by atomic mass is 16.5. The lowest BCUT2D eigenvalue weighted by molar-refractivity contribution is 0.0701. The molecule has 72 valence electrons. The van der Waals surface area contributed by atoms with Crippen molar-refractivity contribution in [2.45, 2.75) is 20.0 Å². The van der Waals surface area contributed by atoms with Crippen molar-refractivity contribution >= 4 is 5.82 Å². The molecule has 0 aliphatic rings. The zero-order chi connectivity index (χ0) is 9.68. The Labute approximate surface area is 77.3 Å². The zero-order valence-corrected chi connectivity index (χ0v) is 7.82. The molecule has 0 aliphatic heterocycles. The number of nitrogens with zero attached hydrogens (tertiary/aromatic N) is 2. The third-order valence-electron chi connectivity index (χ3n) is 1.60. The number of hydrazine groups is 1. The van der Waals surface area contributed by atoms with Crippen molar-refractivity contribution in [3.63, 3.8) is 0 Å². The summed E-state index contributed by atoms with van der Waals surface area (Å²) in [5, 5.41) is 0. The van der Waals surface area contributed by atoms with Crippen LogP contribution in [-0.2, 0) is 4.74 Å². The Balaban J connectivity index is 2.75. The molecule has 13 heavy (non-hydrogen) atoms. The summed E-state index contributed by atoms with van der Waals surface area (Å²) in [6.45, 7) is 4.48. The van der Waals surface area contributed by atoms with E-state index in [9.17, 15) is 0 Å². The van der Waals surface area contributed by atoms with E-state index >= 15 is 0 Å². The Hall–Kier alpha value is -1.20. The largest absolute Gasteiger partial charge is 0.371 e. The van der Waals surface area contributed by atoms with Crippen LogP contribution < -0.4 is 11.3 Å². The number of hydrogen-bond donors (Lipinski definition) is 2. The lowest BCUT2D eigenvalue weighted by Gasteiger charge is -2.10. The standard InChI is InChI=1S/C8H14N4O/c1-3-13-6(2)8-10-5-4-7(11-8)12-9/h4-6H,3,9H2,1-2H3,(H,10,11,12). The second-order valence-electron chi connectivity index (χ2n) is 2.54. The predicted molar refractivity (Wildman–Crippen MR) is 49.9 cm³/mol. The van der Waals surface area contributed by atoms with Crippen LogP contribution in [0.25, 0.3) is 0 Å². The molecule has 5 nitrogen and oxygen atoms in total. The zero-order valence-electron chi connectivity index (χ0n) is 7.82. The third kappa shape index (κ3) is 2.64. The number of anilines is 1. The third-order valence-corrected chi connectivity index (χ3v) is 1.60. The van der Waals surface area contributed by atoms with Crippen molar-refractivity contribution in [1.82, 2.24) is 9.97 Å². The number of aromatic nitrogens is 2. The molecule has 0 bridgehead atoms. The molecule has 0 spiro atoms. The molecular weight excluding hydrogens is 168 g/mol. The molecule has 1 atom stereocenters. The molecule has 1 heterocycles. The number of nitrogens with two attached hydrogens (primary N) is 1. The van der Waals surface area contributed by atoms with Crippen molar-refractivity contribution in [1.29, 1.82) is 0 Å². The van der Waals surface area contributed by atoms with Crippen LogP contribution in [0, 0.1) is 0 Å². The number of nitrogen functional groups attached to an aromatic ring is 1. The van der Waals surface area contributed by atoms with E-state index in [4.69, 9.17) is 10.6 Å². The van der Waals surface area contributed by atoms with E-state index in [1.807, 2.05) is 13.8 Å². The first-order chi connectivity index (χ1) is 6.27. The van der Waals surface area contributed by atoms with Gasteiger partial charge in [0.15, 0.2) is 5.82 Å². The molecule has 1 unspecified atom stereocenters. The highest BCUT2D eigenvalue weighted by Gasteiger charge is 2.07. The summed E-state index contributed by atoms with van der Waals surface area (Å²) in [7, 11) is 0. The van der Waals surface area contributed by atoms with Gasteiger partial charge in [-0.25, -0.2) is 15.8 Å². The Morgan fingerprint density at radius 3 is 3.08 bits per heavy atom. The van der Waals surface area contributed by atoms with E-state index in [1.165, 1.54) is 0 Å². The van der Waals surface area contributed by atoms with Crippen molar-refractivity contribution in [2.75, 3.05) is 12.0 Å². The molecule has 1 aromatic heterocycles. The Bertz CT molecular complexity index is 266. The fourth-order valence-corrected chi connectivity index (χ4v) is 0.975. The van der Waals surface area contributed by atoms with Crippen LogP contribution in [0.2, 0.25) is 0 Å². The molecule has 1 aromatic rings. The fraction of sp³-hybridized carbons (Fsp3) is 0.500. The quantitative estimate of drug-likeness (QED) is 0.533. The minimum atomic E-state index is -0.0988. The normalized spacial score (nSPS) is 12.5. The molecule has 0 saturated heterocycles. The van der Waals surface area contributed by atoms with Gasteiger partial charge in [-0.05, 0) is 13.8 Å². The molecule has 3 N–H and O–H groups in total. The summed E-state index contributed by atoms with van der Waals surface area (Å²) in [5.41, 5.74) is 2.46. The average molecular weight is 182 g/mol. The van der Waals surface area contributed by atoms with Gasteiger partial charge in [-0.2, -0.15) is 0 Å². The first kappa shape index (κ1) is 9.88. The van der Waals surface area contributed by atoms with Crippen molar-refractivity contribution in [3.05, 3.63) is 18.1 Å². The van der Waals surface area contributed by atoms with Gasteiger partial charge in [-0.15, -0.1) is 0 Å². The van der Waals surface area contributed by atoms with E-state index in [1.54, 1.807) is 12.3 Å². The van der Waals surface area contributed by atoms with Crippen LogP contribution >= 0.6 is 0 Å². The second-order valence-corrected chi connectivity index (χ2v) is 2.54. The van der Waals surface area contributed by atoms with Gasteiger partial charge in [0, 0.05) is 18.9 Å². The van der Waals surface area contributed by atoms with Crippen LogP contribution in [0.15, 0.2) is 12.3 Å². The summed E-state index contributed by atoms with van der Waals surface area (Å²) in [6.07, 6.45) is 1.55. The van der Waals surface area contributed by atoms with Crippen LogP contribution in [0.3, 0.4) is 0 Å². The molecule has 0 fully saturated rings. The number of nitrogens with one attached hydrogen (secondary N) is 1. The topological polar surface area (TPSA) is 73.1 Å². The van der Waals surface area contributed by atoms with Gasteiger partial charge in [-0.1, -0.05) is 0 Å². The Morgan fingerprint density at radius 2 is 2.46 bits per heavy atom. The maximum Gasteiger partial charge on any atom is 0.159 e. The SMILES string of the molecule is CCOC(C)c1nccc(NN)n1. The van der Waals surface area contributed by atoms with Gasteiger partial charge in [-0.3, -0.25) is 0 Å². The van der Waals surface area contributed by atoms with Gasteiger partial charge < -0.3 is 10.2 Å². The molecule has 0 aromatic carbocycles. The molecular formula is C8H14N4O. The van der Waals surface area contributed by atoms with E-state index in [0.717, 1.165) is 0 Å². The van der Waals surface area contributed by atoms with Gasteiger partial charge in [0.05, 0.1) is 0 Å². The van der Waals surface area contributed by atoms with Crippen molar-refractivity contribution < 1.29 is 4.74 Å². The molecule has 0 saturated carbocycles. The average Bonchev–Trinajstić information content (AvgIpc) is 2.18. The van der Waals surface area contributed by atoms with Crippen LogP contribution in [0.5, 0.6) is 0 Å². The molecule has 1 rings (SSSR count). The molecule has 0 aliphatic carbocycles. The van der Waals surface area contributed by atoms with E-state index in [2.05, 4.69) is 15.4 Å². The van der Waals surface area contributed by atoms with E-state index in [-0.39, 0.29) is 6.10 Å². The summed E-state index contributed by atoms with van der Waals surface area (Å²) < 4.78 is 5.33. The maximum atomic E-state index is 5.33. The first-order valence-electron chi connectivity index (χ1n) is 4.19. The Kier molecular flexibility index (Phi) is 3.60. The van der Waals surface area contributed by atoms with Gasteiger partial charge in [0.1, 0.15) is 11.9 Å². The summed E-state index contributed by atoms with van der Waals surface area (Å²) in [5.74, 6) is 6.44. The maximum absolute atomic E-state index is 5.33. The van der Waals surface area contributed by atoms with Crippen LogP contribution in [0.1, 0.15) is 25.8 Å². The number of ether oxygens (including phenoxy) is 1. The van der Waals surface area contributed by atoms with E-state index < -0.39 is 0 Å². The minimum absolute atomic E-state index is 0.0988. The smallest absolute Gasteiger partial charge is 0.159 e. The van der Waals surface area contributed by atoms with Crippen LogP contribution in [0.4, 0.5) is 5.82 Å². The highest BCUT2D eigenvalue weighted by molar-refractivity contribution is 5.30. The van der Waals surface area contributed by atoms with Crippen LogP contribution in [-0.4, -0.2) is 16.6 Å². The predicted octanol–water partition coefficient (Wildman–Crippen LogP) is 0.860. The van der Waals surface area contributed by atoms with E-state index in [0.29, 0.717) is 18.2 Å².